The summed E-state index contributed by atoms with van der Waals surface area (Å²) in [5.74, 6) is -1.65. The van der Waals surface area contributed by atoms with E-state index >= 15 is 0 Å². The summed E-state index contributed by atoms with van der Waals surface area (Å²) < 4.78 is 13.3. The van der Waals surface area contributed by atoms with Crippen molar-refractivity contribution in [3.05, 3.63) is 30.1 Å². The Kier molecular flexibility index (Phi) is 4.12. The average molecular weight is 319 g/mol. The molecule has 3 rings (SSSR count). The van der Waals surface area contributed by atoms with Crippen LogP contribution in [0.15, 0.2) is 24.3 Å². The second kappa shape index (κ2) is 6.08. The predicted molar refractivity (Wildman–Crippen MR) is 80.8 cm³/mol. The summed E-state index contributed by atoms with van der Waals surface area (Å²) in [5, 5.41) is 0. The monoisotopic (exact) mass is 319 g/mol. The molecule has 0 saturated carbocycles. The number of carbonyl (C=O) groups excluding carboxylic acids is 3. The molecule has 0 spiro atoms. The smallest absolute Gasteiger partial charge is 0.251 e. The molecule has 6 nitrogen and oxygen atoms in total. The van der Waals surface area contributed by atoms with Crippen molar-refractivity contribution in [2.24, 2.45) is 11.7 Å². The van der Waals surface area contributed by atoms with Gasteiger partial charge in [0, 0.05) is 5.92 Å². The van der Waals surface area contributed by atoms with E-state index in [2.05, 4.69) is 0 Å². The third-order valence-electron chi connectivity index (χ3n) is 4.56. The van der Waals surface area contributed by atoms with E-state index in [0.29, 0.717) is 25.9 Å². The molecule has 3 amide bonds. The van der Waals surface area contributed by atoms with Crippen LogP contribution in [0.3, 0.4) is 0 Å². The zero-order chi connectivity index (χ0) is 16.6. The number of carbonyl (C=O) groups is 3. The van der Waals surface area contributed by atoms with Crippen LogP contribution < -0.4 is 10.6 Å². The highest BCUT2D eigenvalue weighted by Gasteiger charge is 2.43. The first kappa shape index (κ1) is 15.6. The number of nitrogens with two attached hydrogens (primary N) is 1. The Morgan fingerprint density at radius 1 is 1.22 bits per heavy atom. The molecule has 1 aromatic carbocycles. The molecule has 1 atom stereocenters. The molecule has 2 aliphatic rings. The second-order valence-corrected chi connectivity index (χ2v) is 5.98. The zero-order valence-electron chi connectivity index (χ0n) is 12.6. The van der Waals surface area contributed by atoms with Gasteiger partial charge in [-0.25, -0.2) is 9.29 Å². The first-order valence-corrected chi connectivity index (χ1v) is 7.63. The molecule has 2 heterocycles. The normalized spacial score (nSPS) is 23.5. The highest BCUT2D eigenvalue weighted by atomic mass is 19.1. The number of piperidine rings is 1. The van der Waals surface area contributed by atoms with Gasteiger partial charge in [0.1, 0.15) is 5.82 Å². The van der Waals surface area contributed by atoms with E-state index < -0.39 is 11.9 Å². The van der Waals surface area contributed by atoms with Crippen molar-refractivity contribution in [1.29, 1.82) is 0 Å². The van der Waals surface area contributed by atoms with E-state index in [4.69, 9.17) is 5.73 Å². The third kappa shape index (κ3) is 2.96. The van der Waals surface area contributed by atoms with Crippen LogP contribution in [0.2, 0.25) is 0 Å². The van der Waals surface area contributed by atoms with Crippen LogP contribution >= 0.6 is 0 Å². The lowest BCUT2D eigenvalue weighted by Crippen LogP contribution is -2.47. The molecule has 0 aromatic heterocycles. The van der Waals surface area contributed by atoms with Crippen molar-refractivity contribution in [3.63, 3.8) is 0 Å². The maximum atomic E-state index is 13.3. The highest BCUT2D eigenvalue weighted by molar-refractivity contribution is 6.22. The number of halogens is 1. The lowest BCUT2D eigenvalue weighted by molar-refractivity contribution is -0.124. The fourth-order valence-electron chi connectivity index (χ4n) is 3.28. The zero-order valence-corrected chi connectivity index (χ0v) is 12.6. The number of anilines is 1. The van der Waals surface area contributed by atoms with E-state index in [1.807, 2.05) is 4.90 Å². The number of hydrogen-bond donors (Lipinski definition) is 1. The van der Waals surface area contributed by atoms with Gasteiger partial charge in [-0.05, 0) is 44.1 Å². The number of imide groups is 1. The number of primary amides is 1. The molecule has 23 heavy (non-hydrogen) atoms. The number of hydrogen-bond acceptors (Lipinski definition) is 4. The summed E-state index contributed by atoms with van der Waals surface area (Å²) in [6.07, 6.45) is 1.26. The quantitative estimate of drug-likeness (QED) is 0.829. The Hall–Kier alpha value is -2.28. The van der Waals surface area contributed by atoms with Crippen LogP contribution in [0.25, 0.3) is 0 Å². The fraction of sp³-hybridized carbons (Fsp3) is 0.438. The minimum atomic E-state index is -0.542. The lowest BCUT2D eigenvalue weighted by Gasteiger charge is -2.33. The first-order valence-electron chi connectivity index (χ1n) is 7.63. The average Bonchev–Trinajstić information content (AvgIpc) is 2.82. The van der Waals surface area contributed by atoms with Crippen molar-refractivity contribution < 1.29 is 18.8 Å². The topological polar surface area (TPSA) is 83.7 Å². The predicted octanol–water partition coefficient (Wildman–Crippen LogP) is 0.655. The minimum absolute atomic E-state index is 0.0799. The summed E-state index contributed by atoms with van der Waals surface area (Å²) in [5.41, 5.74) is 5.56. The van der Waals surface area contributed by atoms with Gasteiger partial charge >= 0.3 is 0 Å². The van der Waals surface area contributed by atoms with Gasteiger partial charge in [-0.15, -0.1) is 0 Å². The van der Waals surface area contributed by atoms with Crippen LogP contribution in [0.4, 0.5) is 10.1 Å². The number of nitrogens with zero attached hydrogens (tertiary/aromatic N) is 2. The number of benzene rings is 1. The van der Waals surface area contributed by atoms with Crippen molar-refractivity contribution in [1.82, 2.24) is 4.90 Å². The van der Waals surface area contributed by atoms with E-state index in [1.54, 1.807) is 6.07 Å². The molecule has 2 N–H and O–H groups in total. The Bertz CT molecular complexity index is 656. The second-order valence-electron chi connectivity index (χ2n) is 5.98. The maximum Gasteiger partial charge on any atom is 0.251 e. The third-order valence-corrected chi connectivity index (χ3v) is 4.56. The standard InChI is InChI=1S/C16H18FN3O3/c17-11-2-1-3-12(8-11)20-14(21)9-13(16(20)23)19-6-4-10(5-7-19)15(18)22/h1-3,8,10,13H,4-7,9H2,(H2,18,22)/t13-/m0/s1. The number of amides is 3. The van der Waals surface area contributed by atoms with Gasteiger partial charge < -0.3 is 5.73 Å². The molecule has 2 saturated heterocycles. The molecule has 7 heteroatoms. The SMILES string of the molecule is NC(=O)C1CCN([C@H]2CC(=O)N(c3cccc(F)c3)C2=O)CC1. The molecular weight excluding hydrogens is 301 g/mol. The lowest BCUT2D eigenvalue weighted by atomic mass is 9.95. The molecule has 1 aromatic rings. The Labute approximate surface area is 133 Å². The van der Waals surface area contributed by atoms with Gasteiger partial charge in [0.25, 0.3) is 5.91 Å². The maximum absolute atomic E-state index is 13.3. The van der Waals surface area contributed by atoms with Crippen molar-refractivity contribution in [3.8, 4) is 0 Å². The van der Waals surface area contributed by atoms with Gasteiger partial charge in [-0.2, -0.15) is 0 Å². The highest BCUT2D eigenvalue weighted by Crippen LogP contribution is 2.28. The molecule has 2 aliphatic heterocycles. The minimum Gasteiger partial charge on any atom is -0.369 e. The number of likely N-dealkylation sites (tertiary alicyclic amines) is 1. The van der Waals surface area contributed by atoms with Crippen molar-refractivity contribution in [2.45, 2.75) is 25.3 Å². The van der Waals surface area contributed by atoms with Crippen LogP contribution in [0.5, 0.6) is 0 Å². The summed E-state index contributed by atoms with van der Waals surface area (Å²) in [6.45, 7) is 1.10. The summed E-state index contributed by atoms with van der Waals surface area (Å²) in [4.78, 5) is 39.0. The molecule has 0 unspecified atom stereocenters. The van der Waals surface area contributed by atoms with E-state index in [9.17, 15) is 18.8 Å². The summed E-state index contributed by atoms with van der Waals surface area (Å²) in [7, 11) is 0. The van der Waals surface area contributed by atoms with E-state index in [-0.39, 0.29) is 35.7 Å². The van der Waals surface area contributed by atoms with Crippen LogP contribution in [0.1, 0.15) is 19.3 Å². The first-order chi connectivity index (χ1) is 11.0. The van der Waals surface area contributed by atoms with E-state index in [1.165, 1.54) is 18.2 Å². The largest absolute Gasteiger partial charge is 0.369 e. The van der Waals surface area contributed by atoms with Gasteiger partial charge in [-0.1, -0.05) is 6.07 Å². The molecule has 122 valence electrons. The molecule has 0 radical (unpaired) electrons. The summed E-state index contributed by atoms with van der Waals surface area (Å²) >= 11 is 0. The van der Waals surface area contributed by atoms with Crippen LogP contribution in [-0.2, 0) is 14.4 Å². The van der Waals surface area contributed by atoms with Gasteiger partial charge in [-0.3, -0.25) is 19.3 Å². The number of rotatable bonds is 3. The van der Waals surface area contributed by atoms with Crippen molar-refractivity contribution in [2.75, 3.05) is 18.0 Å². The van der Waals surface area contributed by atoms with Gasteiger partial charge in [0.05, 0.1) is 18.2 Å². The Balaban J connectivity index is 1.73. The van der Waals surface area contributed by atoms with E-state index in [0.717, 1.165) is 4.90 Å². The van der Waals surface area contributed by atoms with Crippen molar-refractivity contribution >= 4 is 23.4 Å². The summed E-state index contributed by atoms with van der Waals surface area (Å²) in [6, 6.07) is 4.91. The molecule has 0 bridgehead atoms. The Morgan fingerprint density at radius 3 is 2.52 bits per heavy atom. The molecule has 0 aliphatic carbocycles. The van der Waals surface area contributed by atoms with Gasteiger partial charge in [0.15, 0.2) is 0 Å². The fourth-order valence-corrected chi connectivity index (χ4v) is 3.28. The van der Waals surface area contributed by atoms with Crippen LogP contribution in [-0.4, -0.2) is 41.8 Å². The van der Waals surface area contributed by atoms with Gasteiger partial charge in [0.2, 0.25) is 11.8 Å². The molecular formula is C16H18FN3O3. The molecule has 2 fully saturated rings. The Morgan fingerprint density at radius 2 is 1.91 bits per heavy atom. The van der Waals surface area contributed by atoms with Crippen LogP contribution in [0, 0.1) is 11.7 Å².